The first kappa shape index (κ1) is 14.9. The largest absolute Gasteiger partial charge is 0.385 e. The summed E-state index contributed by atoms with van der Waals surface area (Å²) >= 11 is 0. The Morgan fingerprint density at radius 3 is 2.24 bits per heavy atom. The molecule has 3 heteroatoms. The van der Waals surface area contributed by atoms with Crippen LogP contribution in [0.15, 0.2) is 0 Å². The van der Waals surface area contributed by atoms with Gasteiger partial charge in [0.2, 0.25) is 0 Å². The summed E-state index contributed by atoms with van der Waals surface area (Å²) in [4.78, 5) is 0. The van der Waals surface area contributed by atoms with E-state index in [1.54, 1.807) is 7.11 Å². The van der Waals surface area contributed by atoms with E-state index in [-0.39, 0.29) is 11.7 Å². The summed E-state index contributed by atoms with van der Waals surface area (Å²) in [5.41, 5.74) is 6.32. The summed E-state index contributed by atoms with van der Waals surface area (Å²) in [6.45, 7) is 8.19. The maximum absolute atomic E-state index is 6.22. The Morgan fingerprint density at radius 2 is 1.76 bits per heavy atom. The normalized spacial score (nSPS) is 24.5. The quantitative estimate of drug-likeness (QED) is 0.780. The highest BCUT2D eigenvalue weighted by Gasteiger charge is 2.39. The van der Waals surface area contributed by atoms with Crippen molar-refractivity contribution in [2.45, 2.75) is 64.6 Å². The van der Waals surface area contributed by atoms with Crippen molar-refractivity contribution < 1.29 is 9.47 Å². The Bertz CT molecular complexity index is 218. The van der Waals surface area contributed by atoms with E-state index in [1.807, 2.05) is 0 Å². The van der Waals surface area contributed by atoms with Gasteiger partial charge in [-0.05, 0) is 44.4 Å². The number of nitrogens with two attached hydrogens (primary N) is 1. The number of rotatable bonds is 6. The van der Waals surface area contributed by atoms with E-state index in [4.69, 9.17) is 15.2 Å². The van der Waals surface area contributed by atoms with Crippen LogP contribution in [0.25, 0.3) is 0 Å². The molecular weight excluding hydrogens is 214 g/mol. The van der Waals surface area contributed by atoms with Crippen LogP contribution in [0.2, 0.25) is 0 Å². The van der Waals surface area contributed by atoms with Gasteiger partial charge in [-0.25, -0.2) is 0 Å². The minimum absolute atomic E-state index is 0.0807. The zero-order valence-corrected chi connectivity index (χ0v) is 11.9. The first-order chi connectivity index (χ1) is 7.93. The molecule has 0 amide bonds. The lowest BCUT2D eigenvalue weighted by molar-refractivity contribution is -0.120. The molecule has 0 aromatic rings. The van der Waals surface area contributed by atoms with Crippen molar-refractivity contribution >= 4 is 0 Å². The summed E-state index contributed by atoms with van der Waals surface area (Å²) in [5, 5.41) is 0. The lowest BCUT2D eigenvalue weighted by Crippen LogP contribution is -2.47. The van der Waals surface area contributed by atoms with E-state index in [9.17, 15) is 0 Å². The van der Waals surface area contributed by atoms with E-state index in [0.29, 0.717) is 12.0 Å². The molecule has 1 aliphatic carbocycles. The van der Waals surface area contributed by atoms with Gasteiger partial charge >= 0.3 is 0 Å². The van der Waals surface area contributed by atoms with E-state index in [1.165, 1.54) is 12.8 Å². The predicted octanol–water partition coefficient (Wildman–Crippen LogP) is 2.73. The van der Waals surface area contributed by atoms with Gasteiger partial charge in [-0.3, -0.25) is 0 Å². The Kier molecular flexibility index (Phi) is 5.42. The molecule has 0 aromatic carbocycles. The Labute approximate surface area is 106 Å². The fraction of sp³-hybridized carbons (Fsp3) is 1.00. The van der Waals surface area contributed by atoms with Crippen LogP contribution in [0.1, 0.15) is 52.9 Å². The van der Waals surface area contributed by atoms with Crippen LogP contribution >= 0.6 is 0 Å². The van der Waals surface area contributed by atoms with Gasteiger partial charge in [0.15, 0.2) is 0 Å². The van der Waals surface area contributed by atoms with Gasteiger partial charge in [-0.15, -0.1) is 0 Å². The van der Waals surface area contributed by atoms with Crippen molar-refractivity contribution in [1.29, 1.82) is 0 Å². The van der Waals surface area contributed by atoms with Gasteiger partial charge in [-0.2, -0.15) is 0 Å². The highest BCUT2D eigenvalue weighted by atomic mass is 16.5. The highest BCUT2D eigenvalue weighted by molar-refractivity contribution is 4.92. The van der Waals surface area contributed by atoms with Crippen molar-refractivity contribution in [2.75, 3.05) is 20.3 Å². The molecule has 0 bridgehead atoms. The molecule has 2 N–H and O–H groups in total. The van der Waals surface area contributed by atoms with Crippen LogP contribution in [0.5, 0.6) is 0 Å². The second-order valence-corrected chi connectivity index (χ2v) is 6.26. The summed E-state index contributed by atoms with van der Waals surface area (Å²) in [6.07, 6.45) is 5.78. The van der Waals surface area contributed by atoms with Gasteiger partial charge < -0.3 is 15.2 Å². The van der Waals surface area contributed by atoms with Crippen LogP contribution in [0.4, 0.5) is 0 Å². The van der Waals surface area contributed by atoms with Gasteiger partial charge in [0.1, 0.15) is 0 Å². The lowest BCUT2D eigenvalue weighted by atomic mass is 9.71. The third-order valence-electron chi connectivity index (χ3n) is 4.07. The van der Waals surface area contributed by atoms with Crippen molar-refractivity contribution in [3.8, 4) is 0 Å². The Balaban J connectivity index is 2.47. The topological polar surface area (TPSA) is 44.5 Å². The molecule has 1 saturated carbocycles. The minimum Gasteiger partial charge on any atom is -0.385 e. The first-order valence-electron chi connectivity index (χ1n) is 6.80. The molecule has 0 aromatic heterocycles. The molecule has 0 heterocycles. The zero-order chi connectivity index (χ0) is 12.9. The molecule has 1 unspecified atom stereocenters. The molecular formula is C14H29NO2. The molecule has 1 rings (SSSR count). The van der Waals surface area contributed by atoms with E-state index >= 15 is 0 Å². The van der Waals surface area contributed by atoms with Gasteiger partial charge in [0.25, 0.3) is 0 Å². The lowest BCUT2D eigenvalue weighted by Gasteiger charge is -2.44. The molecule has 17 heavy (non-hydrogen) atoms. The molecule has 0 saturated heterocycles. The minimum atomic E-state index is -0.0807. The number of hydrogen-bond donors (Lipinski definition) is 1. The van der Waals surface area contributed by atoms with Gasteiger partial charge in [0.05, 0.1) is 11.7 Å². The Morgan fingerprint density at radius 1 is 1.18 bits per heavy atom. The molecule has 1 aliphatic rings. The van der Waals surface area contributed by atoms with Crippen LogP contribution in [-0.2, 0) is 9.47 Å². The maximum Gasteiger partial charge on any atom is 0.0808 e. The third-order valence-corrected chi connectivity index (χ3v) is 4.07. The first-order valence-corrected chi connectivity index (χ1v) is 6.80. The molecule has 0 aliphatic heterocycles. The third kappa shape index (κ3) is 4.57. The van der Waals surface area contributed by atoms with E-state index < -0.39 is 0 Å². The standard InChI is InChI=1S/C14H29NO2/c1-12(5-10-16-4)17-14(11-15)8-6-13(2,3)7-9-14/h12H,5-11,15H2,1-4H3. The fourth-order valence-electron chi connectivity index (χ4n) is 2.52. The Hall–Kier alpha value is -0.120. The second kappa shape index (κ2) is 6.17. The maximum atomic E-state index is 6.22. The highest BCUT2D eigenvalue weighted by Crippen LogP contribution is 2.42. The zero-order valence-electron chi connectivity index (χ0n) is 11.9. The average Bonchev–Trinajstić information content (AvgIpc) is 2.30. The van der Waals surface area contributed by atoms with Crippen molar-refractivity contribution in [2.24, 2.45) is 11.1 Å². The number of hydrogen-bond acceptors (Lipinski definition) is 3. The van der Waals surface area contributed by atoms with Crippen LogP contribution < -0.4 is 5.73 Å². The predicted molar refractivity (Wildman–Crippen MR) is 71.1 cm³/mol. The monoisotopic (exact) mass is 243 g/mol. The smallest absolute Gasteiger partial charge is 0.0808 e. The molecule has 0 radical (unpaired) electrons. The van der Waals surface area contributed by atoms with E-state index in [2.05, 4.69) is 20.8 Å². The second-order valence-electron chi connectivity index (χ2n) is 6.26. The summed E-state index contributed by atoms with van der Waals surface area (Å²) in [5.74, 6) is 0. The summed E-state index contributed by atoms with van der Waals surface area (Å²) in [6, 6.07) is 0. The SMILES string of the molecule is COCCC(C)OC1(CN)CCC(C)(C)CC1. The van der Waals surface area contributed by atoms with Crippen molar-refractivity contribution in [3.05, 3.63) is 0 Å². The summed E-state index contributed by atoms with van der Waals surface area (Å²) in [7, 11) is 1.73. The average molecular weight is 243 g/mol. The molecule has 102 valence electrons. The van der Waals surface area contributed by atoms with Gasteiger partial charge in [0, 0.05) is 20.3 Å². The molecule has 1 fully saturated rings. The van der Waals surface area contributed by atoms with Gasteiger partial charge in [-0.1, -0.05) is 13.8 Å². The number of methoxy groups -OCH3 is 1. The molecule has 1 atom stereocenters. The van der Waals surface area contributed by atoms with Crippen LogP contribution in [0, 0.1) is 5.41 Å². The fourth-order valence-corrected chi connectivity index (χ4v) is 2.52. The van der Waals surface area contributed by atoms with Crippen LogP contribution in [-0.4, -0.2) is 32.0 Å². The van der Waals surface area contributed by atoms with Crippen molar-refractivity contribution in [3.63, 3.8) is 0 Å². The molecule has 3 nitrogen and oxygen atoms in total. The summed E-state index contributed by atoms with van der Waals surface area (Å²) < 4.78 is 11.3. The van der Waals surface area contributed by atoms with Crippen molar-refractivity contribution in [1.82, 2.24) is 0 Å². The van der Waals surface area contributed by atoms with E-state index in [0.717, 1.165) is 25.9 Å². The van der Waals surface area contributed by atoms with Crippen LogP contribution in [0.3, 0.4) is 0 Å². The number of ether oxygens (including phenoxy) is 2. The molecule has 0 spiro atoms.